The van der Waals surface area contributed by atoms with Crippen LogP contribution in [0.25, 0.3) is 0 Å². The van der Waals surface area contributed by atoms with Gasteiger partial charge in [-0.15, -0.1) is 0 Å². The van der Waals surface area contributed by atoms with Gasteiger partial charge in [0, 0.05) is 0 Å². The molecule has 0 aromatic rings. The van der Waals surface area contributed by atoms with E-state index in [9.17, 15) is 10.00 Å². The second kappa shape index (κ2) is 4.35. The maximum atomic E-state index is 10.2. The molecule has 0 saturated carbocycles. The number of aliphatic hydroxyl groups is 1. The summed E-state index contributed by atoms with van der Waals surface area (Å²) in [6.07, 6.45) is -0.466. The molecule has 2 saturated heterocycles. The Hall–Kier alpha value is 0.580. The summed E-state index contributed by atoms with van der Waals surface area (Å²) in [6.45, 7) is 4.60. The summed E-state index contributed by atoms with van der Waals surface area (Å²) in [7, 11) is -3.38. The summed E-state index contributed by atoms with van der Waals surface area (Å²) in [4.78, 5) is 9.73. The van der Waals surface area contributed by atoms with Crippen molar-refractivity contribution in [2.24, 2.45) is 5.92 Å². The molecule has 0 aliphatic carbocycles. The van der Waals surface area contributed by atoms with E-state index in [0.717, 1.165) is 0 Å². The van der Waals surface area contributed by atoms with E-state index in [1.165, 1.54) is 0 Å². The molecule has 16 heavy (non-hydrogen) atoms. The third-order valence-electron chi connectivity index (χ3n) is 3.18. The van der Waals surface area contributed by atoms with Crippen LogP contribution >= 0.6 is 19.4 Å². The summed E-state index contributed by atoms with van der Waals surface area (Å²) < 4.78 is 16.1. The molecule has 2 N–H and O–H groups in total. The van der Waals surface area contributed by atoms with Crippen molar-refractivity contribution in [2.75, 3.05) is 13.2 Å². The van der Waals surface area contributed by atoms with E-state index in [1.807, 2.05) is 13.8 Å². The zero-order chi connectivity index (χ0) is 12.0. The Bertz CT molecular complexity index is 275. The first kappa shape index (κ1) is 13.0. The quantitative estimate of drug-likeness (QED) is 0.488. The number of thiol groups is 1. The summed E-state index contributed by atoms with van der Waals surface area (Å²) in [6, 6.07) is 0. The van der Waals surface area contributed by atoms with Gasteiger partial charge in [0.05, 0.1) is 0 Å². The molecule has 96 valence electrons. The molecule has 2 rings (SSSR count). The van der Waals surface area contributed by atoms with Gasteiger partial charge in [-0.1, -0.05) is 0 Å². The van der Waals surface area contributed by atoms with Crippen molar-refractivity contribution in [1.82, 2.24) is 0 Å². The van der Waals surface area contributed by atoms with Gasteiger partial charge in [0.2, 0.25) is 0 Å². The second-order valence-electron chi connectivity index (χ2n) is 4.78. The minimum absolute atomic E-state index is 0.204. The predicted octanol–water partition coefficient (Wildman–Crippen LogP) is 0.910. The Morgan fingerprint density at radius 3 is 2.69 bits per heavy atom. The van der Waals surface area contributed by atoms with Crippen LogP contribution in [0, 0.1) is 5.92 Å². The van der Waals surface area contributed by atoms with E-state index >= 15 is 0 Å². The first-order valence-electron chi connectivity index (χ1n) is 5.45. The Morgan fingerprint density at radius 2 is 2.19 bits per heavy atom. The zero-order valence-corrected chi connectivity index (χ0v) is 11.3. The topological polar surface area (TPSA) is 68.2 Å². The van der Waals surface area contributed by atoms with Crippen LogP contribution in [0.5, 0.6) is 0 Å². The number of aliphatic hydroxyl groups excluding tert-OH is 1. The van der Waals surface area contributed by atoms with Crippen molar-refractivity contribution < 1.29 is 23.8 Å². The number of hydrogen-bond acceptors (Lipinski definition) is 6. The fourth-order valence-electron chi connectivity index (χ4n) is 2.28. The molecule has 2 aliphatic rings. The van der Waals surface area contributed by atoms with Gasteiger partial charge in [0.15, 0.2) is 0 Å². The molecule has 0 amide bonds. The van der Waals surface area contributed by atoms with E-state index in [0.29, 0.717) is 13.0 Å². The second-order valence-corrected chi connectivity index (χ2v) is 8.06. The van der Waals surface area contributed by atoms with Crippen molar-refractivity contribution in [3.05, 3.63) is 0 Å². The molecule has 7 heteroatoms. The Morgan fingerprint density at radius 1 is 1.50 bits per heavy atom. The van der Waals surface area contributed by atoms with Crippen LogP contribution in [0.4, 0.5) is 0 Å². The molecule has 1 spiro atoms. The normalized spacial score (nSPS) is 45.1. The first-order chi connectivity index (χ1) is 7.36. The molecule has 2 fully saturated rings. The number of ether oxygens (including phenoxy) is 1. The first-order valence-corrected chi connectivity index (χ1v) is 8.50. The molecular formula is C9H19O5PS. The fourth-order valence-corrected chi connectivity index (χ4v) is 4.34. The zero-order valence-electron chi connectivity index (χ0n) is 9.42. The van der Waals surface area contributed by atoms with Gasteiger partial charge < -0.3 is 0 Å². The Kier molecular flexibility index (Phi) is 3.54. The van der Waals surface area contributed by atoms with Crippen molar-refractivity contribution >= 4 is 19.4 Å². The van der Waals surface area contributed by atoms with E-state index in [2.05, 4.69) is 12.2 Å². The fraction of sp³-hybridized carbons (Fsp3) is 1.00. The van der Waals surface area contributed by atoms with Crippen LogP contribution in [0.3, 0.4) is 0 Å². The van der Waals surface area contributed by atoms with Gasteiger partial charge in [0.25, 0.3) is 0 Å². The van der Waals surface area contributed by atoms with Crippen LogP contribution in [0.15, 0.2) is 0 Å². The van der Waals surface area contributed by atoms with Crippen LogP contribution in [0.2, 0.25) is 0 Å². The molecule has 2 heterocycles. The van der Waals surface area contributed by atoms with Gasteiger partial charge >= 0.3 is 100 Å². The van der Waals surface area contributed by atoms with Crippen molar-refractivity contribution in [1.29, 1.82) is 0 Å². The van der Waals surface area contributed by atoms with Crippen molar-refractivity contribution in [3.8, 4) is 0 Å². The Labute approximate surface area is 101 Å². The van der Waals surface area contributed by atoms with Gasteiger partial charge in [-0.25, -0.2) is 0 Å². The molecule has 0 aromatic carbocycles. The van der Waals surface area contributed by atoms with Crippen LogP contribution < -0.4 is 0 Å². The molecular weight excluding hydrogens is 251 g/mol. The molecule has 5 nitrogen and oxygen atoms in total. The van der Waals surface area contributed by atoms with Crippen molar-refractivity contribution in [3.63, 3.8) is 0 Å². The Balaban J connectivity index is 2.14. The third kappa shape index (κ3) is 2.25. The van der Waals surface area contributed by atoms with Gasteiger partial charge in [0.1, 0.15) is 0 Å². The third-order valence-corrected chi connectivity index (χ3v) is 5.09. The molecule has 0 aromatic heterocycles. The van der Waals surface area contributed by atoms with Crippen molar-refractivity contribution in [2.45, 2.75) is 38.1 Å². The monoisotopic (exact) mass is 270 g/mol. The minimum atomic E-state index is -3.38. The van der Waals surface area contributed by atoms with E-state index in [4.69, 9.17) is 13.8 Å². The predicted molar refractivity (Wildman–Crippen MR) is 64.5 cm³/mol. The van der Waals surface area contributed by atoms with Crippen LogP contribution in [-0.2, 0) is 13.8 Å². The number of rotatable bonds is 1. The van der Waals surface area contributed by atoms with E-state index < -0.39 is 18.9 Å². The van der Waals surface area contributed by atoms with Gasteiger partial charge in [-0.2, -0.15) is 0 Å². The molecule has 2 aliphatic heterocycles. The van der Waals surface area contributed by atoms with E-state index in [-0.39, 0.29) is 18.6 Å². The summed E-state index contributed by atoms with van der Waals surface area (Å²) in [5.41, 5.74) is -0.837. The van der Waals surface area contributed by atoms with Crippen LogP contribution in [0.1, 0.15) is 20.3 Å². The van der Waals surface area contributed by atoms with Crippen LogP contribution in [-0.4, -0.2) is 41.0 Å². The molecule has 0 bridgehead atoms. The molecule has 0 radical (unpaired) electrons. The average Bonchev–Trinajstić information content (AvgIpc) is 2.42. The summed E-state index contributed by atoms with van der Waals surface area (Å²) in [5, 5.41) is 10.2. The SMILES string of the molecule is CC(C)[C@H]1OC[C@@]2(CCO[PH](O)(S)O2)C1O. The summed E-state index contributed by atoms with van der Waals surface area (Å²) in [5.74, 6) is 0.204. The maximum absolute atomic E-state index is 10.2. The standard InChI is InChI=1S/C9H19O5PS/c1-6(2)7-8(10)9(5-12-7)3-4-13-15(11,16)14-9/h6-8,10-11,15-16H,3-5H2,1-2H3/t7-,8?,9+/m1/s1. The average molecular weight is 270 g/mol. The van der Waals surface area contributed by atoms with E-state index in [1.54, 1.807) is 0 Å². The molecule has 1 unspecified atom stereocenters. The van der Waals surface area contributed by atoms with Gasteiger partial charge in [-0.05, 0) is 0 Å². The summed E-state index contributed by atoms with van der Waals surface area (Å²) >= 11 is 3.97. The van der Waals surface area contributed by atoms with Gasteiger partial charge in [-0.3, -0.25) is 0 Å². The number of hydrogen-bond donors (Lipinski definition) is 3. The molecule has 3 atom stereocenters.